The Labute approximate surface area is 329 Å². The number of benzene rings is 4. The molecule has 0 radical (unpaired) electrons. The first-order chi connectivity index (χ1) is 26.8. The fourth-order valence-corrected chi connectivity index (χ4v) is 9.04. The van der Waals surface area contributed by atoms with Gasteiger partial charge in [0.05, 0.1) is 34.5 Å². The molecule has 55 heavy (non-hydrogen) atoms. The molecule has 0 fully saturated rings. The van der Waals surface area contributed by atoms with Crippen molar-refractivity contribution in [3.05, 3.63) is 107 Å². The van der Waals surface area contributed by atoms with Gasteiger partial charge < -0.3 is 9.80 Å². The van der Waals surface area contributed by atoms with E-state index in [1.54, 1.807) is 0 Å². The zero-order valence-electron chi connectivity index (χ0n) is 34.2. The molecule has 0 atom stereocenters. The predicted molar refractivity (Wildman–Crippen MR) is 233 cm³/mol. The minimum Gasteiger partial charge on any atom is -0.328 e. The predicted octanol–water partition coefficient (Wildman–Crippen LogP) is 13.5. The molecule has 2 aromatic heterocycles. The molecule has 0 N–H and O–H groups in total. The van der Waals surface area contributed by atoms with Crippen LogP contribution in [0.3, 0.4) is 0 Å². The molecule has 7 rings (SSSR count). The van der Waals surface area contributed by atoms with Gasteiger partial charge in [-0.05, 0) is 96.5 Å². The van der Waals surface area contributed by atoms with E-state index in [1.165, 1.54) is 135 Å². The number of fused-ring (bicyclic) bond motifs is 5. The lowest BCUT2D eigenvalue weighted by Crippen LogP contribution is -2.26. The molecule has 0 bridgehead atoms. The summed E-state index contributed by atoms with van der Waals surface area (Å²) in [5.74, 6) is 1.70. The second-order valence-electron chi connectivity index (χ2n) is 16.0. The Morgan fingerprint density at radius 2 is 0.873 bits per heavy atom. The van der Waals surface area contributed by atoms with Gasteiger partial charge in [-0.25, -0.2) is 9.97 Å². The quantitative estimate of drug-likeness (QED) is 0.0820. The van der Waals surface area contributed by atoms with Crippen LogP contribution in [-0.2, 0) is 5.41 Å². The van der Waals surface area contributed by atoms with Gasteiger partial charge in [-0.2, -0.15) is 0 Å². The lowest BCUT2D eigenvalue weighted by atomic mass is 9.70. The van der Waals surface area contributed by atoms with E-state index < -0.39 is 0 Å². The Morgan fingerprint density at radius 3 is 1.29 bits per heavy atom. The number of aryl methyl sites for hydroxylation is 2. The lowest BCUT2D eigenvalue weighted by molar-refractivity contribution is 0.397. The summed E-state index contributed by atoms with van der Waals surface area (Å²) in [6, 6.07) is 26.2. The van der Waals surface area contributed by atoms with E-state index in [2.05, 4.69) is 75.9 Å². The molecular formula is C49H60N6. The van der Waals surface area contributed by atoms with Crippen molar-refractivity contribution in [2.45, 2.75) is 123 Å². The molecule has 6 aromatic rings. The summed E-state index contributed by atoms with van der Waals surface area (Å²) in [7, 11) is 4.27. The second kappa shape index (κ2) is 17.3. The van der Waals surface area contributed by atoms with Crippen LogP contribution in [0.15, 0.2) is 85.2 Å². The van der Waals surface area contributed by atoms with Gasteiger partial charge in [0.1, 0.15) is 0 Å². The van der Waals surface area contributed by atoms with Gasteiger partial charge in [0.25, 0.3) is 0 Å². The fraction of sp³-hybridized carbons (Fsp3) is 0.429. The average molecular weight is 733 g/mol. The highest BCUT2D eigenvalue weighted by Crippen LogP contribution is 2.57. The van der Waals surface area contributed by atoms with E-state index in [-0.39, 0.29) is 5.41 Å². The smallest absolute Gasteiger partial charge is 0.152 e. The number of rotatable bonds is 18. The Balaban J connectivity index is 1.34. The number of hydrogen-bond acceptors (Lipinski definition) is 6. The Kier molecular flexibility index (Phi) is 12.1. The third-order valence-electron chi connectivity index (χ3n) is 12.2. The van der Waals surface area contributed by atoms with Crippen molar-refractivity contribution in [3.8, 4) is 11.1 Å². The van der Waals surface area contributed by atoms with Gasteiger partial charge in [-0.3, -0.25) is 9.97 Å². The van der Waals surface area contributed by atoms with E-state index in [0.717, 1.165) is 33.7 Å². The van der Waals surface area contributed by atoms with Crippen LogP contribution < -0.4 is 9.80 Å². The van der Waals surface area contributed by atoms with Crippen molar-refractivity contribution in [1.29, 1.82) is 0 Å². The molecule has 0 amide bonds. The number of unbranched alkanes of at least 4 members (excludes halogenated alkanes) is 10. The summed E-state index contributed by atoms with van der Waals surface area (Å²) in [5.41, 5.74) is 14.2. The number of para-hydroxylation sites is 4. The molecule has 0 spiro atoms. The number of anilines is 4. The van der Waals surface area contributed by atoms with Crippen LogP contribution in [0.2, 0.25) is 0 Å². The molecule has 286 valence electrons. The third kappa shape index (κ3) is 7.97. The maximum absolute atomic E-state index is 5.05. The van der Waals surface area contributed by atoms with E-state index in [9.17, 15) is 0 Å². The highest BCUT2D eigenvalue weighted by Gasteiger charge is 2.43. The van der Waals surface area contributed by atoms with E-state index in [1.807, 2.05) is 60.9 Å². The van der Waals surface area contributed by atoms with Gasteiger partial charge >= 0.3 is 0 Å². The Morgan fingerprint density at radius 1 is 0.491 bits per heavy atom. The molecule has 1 aliphatic rings. The zero-order chi connectivity index (χ0) is 38.4. The summed E-state index contributed by atoms with van der Waals surface area (Å²) in [5, 5.41) is 0. The SMILES string of the molecule is CCCCCCCCC1(CCCCCCCC)c2cc(C)c(N(C)c3cnc4ccccc4n3)cc2-c2cc(N(C)c3cnc4ccccc4n3)c(C)cc21. The minimum atomic E-state index is -0.0184. The zero-order valence-corrected chi connectivity index (χ0v) is 34.2. The highest BCUT2D eigenvalue weighted by atomic mass is 15.2. The second-order valence-corrected chi connectivity index (χ2v) is 16.0. The first-order valence-corrected chi connectivity index (χ1v) is 21.1. The van der Waals surface area contributed by atoms with E-state index in [0.29, 0.717) is 0 Å². The first-order valence-electron chi connectivity index (χ1n) is 21.1. The molecule has 4 aromatic carbocycles. The molecule has 0 saturated carbocycles. The van der Waals surface area contributed by atoms with Crippen molar-refractivity contribution >= 4 is 45.1 Å². The van der Waals surface area contributed by atoms with E-state index >= 15 is 0 Å². The lowest BCUT2D eigenvalue weighted by Gasteiger charge is -2.34. The van der Waals surface area contributed by atoms with Crippen LogP contribution in [0.1, 0.15) is 126 Å². The number of hydrogen-bond donors (Lipinski definition) is 0. The normalized spacial score (nSPS) is 13.0. The Hall–Kier alpha value is -4.84. The van der Waals surface area contributed by atoms with Crippen LogP contribution in [0.4, 0.5) is 23.0 Å². The van der Waals surface area contributed by atoms with Gasteiger partial charge in [0.15, 0.2) is 11.6 Å². The highest BCUT2D eigenvalue weighted by molar-refractivity contribution is 5.89. The van der Waals surface area contributed by atoms with Crippen LogP contribution in [-0.4, -0.2) is 34.0 Å². The largest absolute Gasteiger partial charge is 0.328 e. The molecule has 0 unspecified atom stereocenters. The molecule has 0 saturated heterocycles. The van der Waals surface area contributed by atoms with Gasteiger partial charge in [0, 0.05) is 30.9 Å². The molecule has 6 heteroatoms. The summed E-state index contributed by atoms with van der Waals surface area (Å²) in [6.07, 6.45) is 21.8. The van der Waals surface area contributed by atoms with Crippen molar-refractivity contribution in [1.82, 2.24) is 19.9 Å². The number of nitrogens with zero attached hydrogens (tertiary/aromatic N) is 6. The monoisotopic (exact) mass is 732 g/mol. The standard InChI is InChI=1S/C49H60N6/c1-7-9-11-13-15-21-27-49(28-22-16-14-12-10-8-2)39-29-35(3)45(54(5)47-33-50-41-23-17-19-25-43(41)52-47)31-37(39)38-32-46(36(4)30-40(38)49)55(6)48-34-51-42-24-18-20-26-44(42)53-48/h17-20,23-26,29-34H,7-16,21-22,27-28H2,1-6H3. The molecule has 2 heterocycles. The van der Waals surface area contributed by atoms with E-state index in [4.69, 9.17) is 19.9 Å². The van der Waals surface area contributed by atoms with Crippen molar-refractivity contribution in [3.63, 3.8) is 0 Å². The summed E-state index contributed by atoms with van der Waals surface area (Å²) >= 11 is 0. The first kappa shape index (κ1) is 38.4. The third-order valence-corrected chi connectivity index (χ3v) is 12.2. The average Bonchev–Trinajstić information content (AvgIpc) is 3.45. The summed E-state index contributed by atoms with van der Waals surface area (Å²) in [4.78, 5) is 24.1. The van der Waals surface area contributed by atoms with Crippen molar-refractivity contribution < 1.29 is 0 Å². The van der Waals surface area contributed by atoms with Gasteiger partial charge in [-0.15, -0.1) is 0 Å². The Bertz CT molecular complexity index is 2080. The molecule has 1 aliphatic carbocycles. The topological polar surface area (TPSA) is 58.0 Å². The van der Waals surface area contributed by atoms with Gasteiger partial charge in [0.2, 0.25) is 0 Å². The molecule has 6 nitrogen and oxygen atoms in total. The summed E-state index contributed by atoms with van der Waals surface area (Å²) in [6.45, 7) is 9.19. The summed E-state index contributed by atoms with van der Waals surface area (Å²) < 4.78 is 0. The van der Waals surface area contributed by atoms with Gasteiger partial charge in [-0.1, -0.05) is 127 Å². The minimum absolute atomic E-state index is 0.0184. The maximum atomic E-state index is 5.05. The maximum Gasteiger partial charge on any atom is 0.152 e. The van der Waals surface area contributed by atoms with Crippen molar-refractivity contribution in [2.24, 2.45) is 0 Å². The number of aromatic nitrogens is 4. The van der Waals surface area contributed by atoms with Crippen LogP contribution >= 0.6 is 0 Å². The van der Waals surface area contributed by atoms with Crippen LogP contribution in [0, 0.1) is 13.8 Å². The van der Waals surface area contributed by atoms with Crippen LogP contribution in [0.5, 0.6) is 0 Å². The molecule has 0 aliphatic heterocycles. The van der Waals surface area contributed by atoms with Crippen molar-refractivity contribution in [2.75, 3.05) is 23.9 Å². The molecular weight excluding hydrogens is 673 g/mol. The fourth-order valence-electron chi connectivity index (χ4n) is 9.04. The van der Waals surface area contributed by atoms with Crippen LogP contribution in [0.25, 0.3) is 33.2 Å².